The van der Waals surface area contributed by atoms with E-state index >= 15 is 0 Å². The van der Waals surface area contributed by atoms with Gasteiger partial charge in [-0.2, -0.15) is 4.90 Å². The van der Waals surface area contributed by atoms with Crippen molar-refractivity contribution >= 4 is 47.0 Å². The van der Waals surface area contributed by atoms with Crippen LogP contribution in [0.5, 0.6) is 0 Å². The molecule has 2 rings (SSSR count). The lowest BCUT2D eigenvalue weighted by molar-refractivity contribution is -0.135. The highest BCUT2D eigenvalue weighted by Crippen LogP contribution is 2.28. The molecule has 0 aliphatic carbocycles. The Labute approximate surface area is 218 Å². The Kier molecular flexibility index (Phi) is 10.7. The first kappa shape index (κ1) is 29.5. The standard InChI is InChI=1S/C27H39N3O5S/c1-15(2)12-19-8-10-20(11-9-19)28-25(33)18(7)13-21(31)24(16(3)4)29-27(35)30-23(32)14-22(26(30)34)36-17(5)6/h8-11,15-18,22,24H,12-14H2,1-7H3,(H,28,33)(H,29,35)/t18-,22?,24?/m1/s1. The van der Waals surface area contributed by atoms with Gasteiger partial charge in [0.15, 0.2) is 5.78 Å². The van der Waals surface area contributed by atoms with E-state index in [0.717, 1.165) is 6.42 Å². The molecular weight excluding hydrogens is 478 g/mol. The van der Waals surface area contributed by atoms with E-state index in [1.807, 2.05) is 38.1 Å². The Hall–Kier alpha value is -2.68. The number of amides is 5. The monoisotopic (exact) mass is 517 g/mol. The van der Waals surface area contributed by atoms with Gasteiger partial charge in [-0.1, -0.05) is 60.6 Å². The molecule has 1 fully saturated rings. The topological polar surface area (TPSA) is 113 Å². The molecule has 1 aliphatic heterocycles. The van der Waals surface area contributed by atoms with Crippen LogP contribution in [0.25, 0.3) is 0 Å². The number of hydrogen-bond acceptors (Lipinski definition) is 6. The number of Topliss-reactive ketones (excluding diaryl/α,β-unsaturated/α-hetero) is 1. The van der Waals surface area contributed by atoms with E-state index < -0.39 is 35.1 Å². The van der Waals surface area contributed by atoms with Crippen LogP contribution >= 0.6 is 11.8 Å². The number of benzene rings is 1. The third kappa shape index (κ3) is 8.18. The minimum absolute atomic E-state index is 0.0367. The summed E-state index contributed by atoms with van der Waals surface area (Å²) in [6, 6.07) is 5.82. The molecule has 1 saturated heterocycles. The second-order valence-corrected chi connectivity index (χ2v) is 12.3. The van der Waals surface area contributed by atoms with Gasteiger partial charge in [0.25, 0.3) is 5.91 Å². The van der Waals surface area contributed by atoms with Gasteiger partial charge >= 0.3 is 6.03 Å². The molecule has 9 heteroatoms. The summed E-state index contributed by atoms with van der Waals surface area (Å²) in [4.78, 5) is 64.1. The van der Waals surface area contributed by atoms with Crippen molar-refractivity contribution in [3.8, 4) is 0 Å². The molecule has 1 heterocycles. The zero-order chi connectivity index (χ0) is 27.2. The number of thioether (sulfide) groups is 1. The summed E-state index contributed by atoms with van der Waals surface area (Å²) < 4.78 is 0. The van der Waals surface area contributed by atoms with Gasteiger partial charge in [-0.3, -0.25) is 19.2 Å². The van der Waals surface area contributed by atoms with E-state index in [2.05, 4.69) is 24.5 Å². The second kappa shape index (κ2) is 13.0. The molecule has 5 amide bonds. The summed E-state index contributed by atoms with van der Waals surface area (Å²) >= 11 is 1.34. The van der Waals surface area contributed by atoms with Crippen LogP contribution in [0.1, 0.15) is 66.9 Å². The third-order valence-corrected chi connectivity index (χ3v) is 7.10. The van der Waals surface area contributed by atoms with Gasteiger partial charge in [-0.15, -0.1) is 11.8 Å². The maximum Gasteiger partial charge on any atom is 0.331 e. The summed E-state index contributed by atoms with van der Waals surface area (Å²) in [5.74, 6) is -2.15. The van der Waals surface area contributed by atoms with Crippen molar-refractivity contribution in [1.29, 1.82) is 0 Å². The lowest BCUT2D eigenvalue weighted by Gasteiger charge is -2.24. The Morgan fingerprint density at radius 2 is 1.61 bits per heavy atom. The van der Waals surface area contributed by atoms with E-state index in [0.29, 0.717) is 16.5 Å². The normalized spacial score (nSPS) is 17.6. The zero-order valence-electron chi connectivity index (χ0n) is 22.3. The summed E-state index contributed by atoms with van der Waals surface area (Å²) in [6.45, 7) is 13.3. The first-order valence-corrected chi connectivity index (χ1v) is 13.5. The summed E-state index contributed by atoms with van der Waals surface area (Å²) in [5.41, 5.74) is 1.84. The fourth-order valence-corrected chi connectivity index (χ4v) is 5.17. The lowest BCUT2D eigenvalue weighted by Crippen LogP contribution is -2.52. The number of urea groups is 1. The Morgan fingerprint density at radius 1 is 1.00 bits per heavy atom. The minimum atomic E-state index is -0.930. The molecule has 0 saturated carbocycles. The molecule has 198 valence electrons. The first-order valence-electron chi connectivity index (χ1n) is 12.5. The molecule has 0 radical (unpaired) electrons. The van der Waals surface area contributed by atoms with Gasteiger partial charge in [-0.25, -0.2) is 4.79 Å². The molecule has 2 unspecified atom stereocenters. The fraction of sp³-hybridized carbons (Fsp3) is 0.593. The number of imide groups is 3. The van der Waals surface area contributed by atoms with Crippen molar-refractivity contribution in [2.45, 2.75) is 84.3 Å². The van der Waals surface area contributed by atoms with Gasteiger partial charge in [0.2, 0.25) is 11.8 Å². The van der Waals surface area contributed by atoms with E-state index in [9.17, 15) is 24.0 Å². The Morgan fingerprint density at radius 3 is 2.14 bits per heavy atom. The predicted molar refractivity (Wildman–Crippen MR) is 143 cm³/mol. The molecule has 0 bridgehead atoms. The van der Waals surface area contributed by atoms with E-state index in [4.69, 9.17) is 0 Å². The molecule has 0 aromatic heterocycles. The Balaban J connectivity index is 1.98. The van der Waals surface area contributed by atoms with E-state index in [-0.39, 0.29) is 35.7 Å². The number of carbonyl (C=O) groups is 5. The average Bonchev–Trinajstić information content (AvgIpc) is 3.04. The van der Waals surface area contributed by atoms with Gasteiger partial charge in [0.05, 0.1) is 11.3 Å². The highest BCUT2D eigenvalue weighted by molar-refractivity contribution is 8.01. The van der Waals surface area contributed by atoms with Crippen LogP contribution in [0.3, 0.4) is 0 Å². The lowest BCUT2D eigenvalue weighted by atomic mass is 9.93. The average molecular weight is 518 g/mol. The van der Waals surface area contributed by atoms with Crippen LogP contribution in [-0.2, 0) is 25.6 Å². The fourth-order valence-electron chi connectivity index (χ4n) is 4.05. The first-order chi connectivity index (χ1) is 16.8. The van der Waals surface area contributed by atoms with Gasteiger partial charge in [0.1, 0.15) is 0 Å². The molecule has 3 atom stereocenters. The number of nitrogens with one attached hydrogen (secondary N) is 2. The highest BCUT2D eigenvalue weighted by atomic mass is 32.2. The highest BCUT2D eigenvalue weighted by Gasteiger charge is 2.44. The Bertz CT molecular complexity index is 974. The smallest absolute Gasteiger partial charge is 0.327 e. The van der Waals surface area contributed by atoms with Gasteiger partial charge < -0.3 is 10.6 Å². The number of ketones is 1. The molecule has 36 heavy (non-hydrogen) atoms. The number of likely N-dealkylation sites (tertiary alicyclic amines) is 1. The SMILES string of the molecule is CC(C)Cc1ccc(NC(=O)[C@H](C)CC(=O)C(NC(=O)N2C(=O)CC(SC(C)C)C2=O)C(C)C)cc1. The minimum Gasteiger partial charge on any atom is -0.327 e. The molecule has 1 aromatic rings. The molecule has 0 spiro atoms. The maximum absolute atomic E-state index is 13.0. The van der Waals surface area contributed by atoms with Gasteiger partial charge in [0, 0.05) is 24.4 Å². The molecule has 1 aliphatic rings. The summed E-state index contributed by atoms with van der Waals surface area (Å²) in [5, 5.41) is 4.93. The van der Waals surface area contributed by atoms with Crippen molar-refractivity contribution in [3.63, 3.8) is 0 Å². The van der Waals surface area contributed by atoms with Crippen molar-refractivity contribution in [2.75, 3.05) is 5.32 Å². The second-order valence-electron chi connectivity index (χ2n) is 10.5. The van der Waals surface area contributed by atoms with Crippen LogP contribution < -0.4 is 10.6 Å². The van der Waals surface area contributed by atoms with E-state index in [1.165, 1.54) is 17.3 Å². The predicted octanol–water partition coefficient (Wildman–Crippen LogP) is 4.42. The van der Waals surface area contributed by atoms with Crippen LogP contribution in [0.4, 0.5) is 10.5 Å². The number of hydrogen-bond donors (Lipinski definition) is 2. The third-order valence-electron chi connectivity index (χ3n) is 5.86. The zero-order valence-corrected chi connectivity index (χ0v) is 23.1. The van der Waals surface area contributed by atoms with Crippen molar-refractivity contribution in [3.05, 3.63) is 29.8 Å². The molecule has 8 nitrogen and oxygen atoms in total. The summed E-state index contributed by atoms with van der Waals surface area (Å²) in [6.07, 6.45) is 0.826. The molecule has 1 aromatic carbocycles. The van der Waals surface area contributed by atoms with Crippen molar-refractivity contribution in [1.82, 2.24) is 10.2 Å². The van der Waals surface area contributed by atoms with Crippen LogP contribution in [0.2, 0.25) is 0 Å². The number of rotatable bonds is 11. The van der Waals surface area contributed by atoms with Crippen LogP contribution in [-0.4, -0.2) is 51.0 Å². The van der Waals surface area contributed by atoms with Crippen LogP contribution in [0, 0.1) is 17.8 Å². The molecule has 2 N–H and O–H groups in total. The quantitative estimate of drug-likeness (QED) is 0.420. The van der Waals surface area contributed by atoms with Crippen molar-refractivity contribution in [2.24, 2.45) is 17.8 Å². The van der Waals surface area contributed by atoms with E-state index in [1.54, 1.807) is 20.8 Å². The van der Waals surface area contributed by atoms with Crippen LogP contribution in [0.15, 0.2) is 24.3 Å². The number of carbonyl (C=O) groups excluding carboxylic acids is 5. The maximum atomic E-state index is 13.0. The van der Waals surface area contributed by atoms with Crippen molar-refractivity contribution < 1.29 is 24.0 Å². The van der Waals surface area contributed by atoms with Gasteiger partial charge in [-0.05, 0) is 41.2 Å². The largest absolute Gasteiger partial charge is 0.331 e. The molecular formula is C27H39N3O5S. The number of anilines is 1. The summed E-state index contributed by atoms with van der Waals surface area (Å²) in [7, 11) is 0. The number of nitrogens with zero attached hydrogens (tertiary/aromatic N) is 1.